The van der Waals surface area contributed by atoms with Crippen LogP contribution in [0.1, 0.15) is 31.9 Å². The molecule has 1 aromatic carbocycles. The van der Waals surface area contributed by atoms with Gasteiger partial charge in [0.2, 0.25) is 11.8 Å². The molecule has 0 radical (unpaired) electrons. The van der Waals surface area contributed by atoms with Crippen LogP contribution < -0.4 is 15.4 Å². The smallest absolute Gasteiger partial charge is 0.322 e. The summed E-state index contributed by atoms with van der Waals surface area (Å²) in [7, 11) is 0. The average Bonchev–Trinajstić information content (AvgIpc) is 2.45. The van der Waals surface area contributed by atoms with Crippen LogP contribution in [0, 0.1) is 0 Å². The van der Waals surface area contributed by atoms with Crippen molar-refractivity contribution < 1.29 is 24.2 Å². The zero-order valence-corrected chi connectivity index (χ0v) is 12.6. The fourth-order valence-corrected chi connectivity index (χ4v) is 1.97. The van der Waals surface area contributed by atoms with Crippen molar-refractivity contribution in [2.75, 3.05) is 13.2 Å². The monoisotopic (exact) mass is 308 g/mol. The quantitative estimate of drug-likeness (QED) is 0.660. The number of hydrogen-bond acceptors (Lipinski definition) is 4. The highest BCUT2D eigenvalue weighted by atomic mass is 16.5. The molecule has 0 saturated carbocycles. The number of ether oxygens (including phenoxy) is 1. The molecule has 2 amide bonds. The van der Waals surface area contributed by atoms with Crippen LogP contribution in [-0.2, 0) is 14.4 Å². The van der Waals surface area contributed by atoms with Crippen molar-refractivity contribution in [2.45, 2.75) is 26.3 Å². The molecule has 0 fully saturated rings. The lowest BCUT2D eigenvalue weighted by molar-refractivity contribution is -0.138. The lowest BCUT2D eigenvalue weighted by atomic mass is 10.0. The van der Waals surface area contributed by atoms with E-state index in [0.717, 1.165) is 0 Å². The molecule has 1 atom stereocenters. The zero-order valence-electron chi connectivity index (χ0n) is 12.6. The van der Waals surface area contributed by atoms with E-state index in [1.165, 1.54) is 6.92 Å². The van der Waals surface area contributed by atoms with E-state index in [1.54, 1.807) is 24.3 Å². The molecule has 0 heterocycles. The molecular weight excluding hydrogens is 288 g/mol. The first-order chi connectivity index (χ1) is 10.4. The number of nitrogens with one attached hydrogen (secondary N) is 2. The standard InChI is InChI=1S/C15H20N2O5/c1-3-22-13-7-5-4-6-11(13)12(17-10(2)18)8-14(19)16-9-15(20)21/h4-7,12H,3,8-9H2,1-2H3,(H,16,19)(H,17,18)(H,20,21). The summed E-state index contributed by atoms with van der Waals surface area (Å²) in [6.07, 6.45) is -0.0725. The van der Waals surface area contributed by atoms with Gasteiger partial charge in [0.1, 0.15) is 12.3 Å². The summed E-state index contributed by atoms with van der Waals surface area (Å²) >= 11 is 0. The van der Waals surface area contributed by atoms with Crippen LogP contribution in [0.3, 0.4) is 0 Å². The van der Waals surface area contributed by atoms with Gasteiger partial charge in [-0.1, -0.05) is 18.2 Å². The molecule has 0 aliphatic heterocycles. The molecule has 1 rings (SSSR count). The van der Waals surface area contributed by atoms with E-state index in [1.807, 2.05) is 6.92 Å². The summed E-state index contributed by atoms with van der Waals surface area (Å²) in [6.45, 7) is 3.18. The Bertz CT molecular complexity index is 544. The van der Waals surface area contributed by atoms with Crippen LogP contribution in [0.5, 0.6) is 5.75 Å². The summed E-state index contributed by atoms with van der Waals surface area (Å²) < 4.78 is 5.50. The van der Waals surface area contributed by atoms with Gasteiger partial charge in [-0.15, -0.1) is 0 Å². The van der Waals surface area contributed by atoms with Crippen molar-refractivity contribution in [2.24, 2.45) is 0 Å². The Balaban J connectivity index is 2.90. The van der Waals surface area contributed by atoms with Crippen molar-refractivity contribution in [3.8, 4) is 5.75 Å². The van der Waals surface area contributed by atoms with Crippen LogP contribution in [0.4, 0.5) is 0 Å². The van der Waals surface area contributed by atoms with E-state index in [0.29, 0.717) is 17.9 Å². The minimum absolute atomic E-state index is 0.0725. The minimum atomic E-state index is -1.13. The van der Waals surface area contributed by atoms with Crippen LogP contribution in [0.15, 0.2) is 24.3 Å². The Morgan fingerprint density at radius 3 is 2.55 bits per heavy atom. The predicted octanol–water partition coefficient (Wildman–Crippen LogP) is 0.853. The minimum Gasteiger partial charge on any atom is -0.494 e. The number of carbonyl (C=O) groups is 3. The van der Waals surface area contributed by atoms with Gasteiger partial charge in [-0.05, 0) is 13.0 Å². The van der Waals surface area contributed by atoms with Crippen molar-refractivity contribution in [1.29, 1.82) is 0 Å². The van der Waals surface area contributed by atoms with E-state index in [2.05, 4.69) is 10.6 Å². The normalized spacial score (nSPS) is 11.4. The second kappa shape index (κ2) is 8.66. The zero-order chi connectivity index (χ0) is 16.5. The molecule has 3 N–H and O–H groups in total. The van der Waals surface area contributed by atoms with Gasteiger partial charge in [0.15, 0.2) is 0 Å². The first-order valence-electron chi connectivity index (χ1n) is 6.91. The topological polar surface area (TPSA) is 105 Å². The third-order valence-electron chi connectivity index (χ3n) is 2.80. The van der Waals surface area contributed by atoms with Crippen molar-refractivity contribution in [3.05, 3.63) is 29.8 Å². The summed E-state index contributed by atoms with van der Waals surface area (Å²) in [4.78, 5) is 33.7. The number of amides is 2. The molecule has 1 unspecified atom stereocenters. The molecule has 7 heteroatoms. The molecule has 1 aromatic rings. The number of para-hydroxylation sites is 1. The van der Waals surface area contributed by atoms with E-state index in [4.69, 9.17) is 9.84 Å². The fourth-order valence-electron chi connectivity index (χ4n) is 1.97. The van der Waals surface area contributed by atoms with Crippen LogP contribution >= 0.6 is 0 Å². The van der Waals surface area contributed by atoms with Gasteiger partial charge in [0.05, 0.1) is 19.1 Å². The highest BCUT2D eigenvalue weighted by Gasteiger charge is 2.20. The van der Waals surface area contributed by atoms with Gasteiger partial charge >= 0.3 is 5.97 Å². The first kappa shape index (κ1) is 17.5. The van der Waals surface area contributed by atoms with Crippen molar-refractivity contribution >= 4 is 17.8 Å². The lowest BCUT2D eigenvalue weighted by Crippen LogP contribution is -2.35. The highest BCUT2D eigenvalue weighted by molar-refractivity contribution is 5.82. The molecular formula is C15H20N2O5. The maximum Gasteiger partial charge on any atom is 0.322 e. The second-order valence-corrected chi connectivity index (χ2v) is 4.60. The Labute approximate surface area is 128 Å². The van der Waals surface area contributed by atoms with E-state index in [-0.39, 0.29) is 12.3 Å². The summed E-state index contributed by atoms with van der Waals surface area (Å²) in [5, 5.41) is 13.5. The SMILES string of the molecule is CCOc1ccccc1C(CC(=O)NCC(=O)O)NC(C)=O. The molecule has 7 nitrogen and oxygen atoms in total. The summed E-state index contributed by atoms with van der Waals surface area (Å²) in [5.41, 5.74) is 0.671. The van der Waals surface area contributed by atoms with Crippen LogP contribution in [-0.4, -0.2) is 36.0 Å². The van der Waals surface area contributed by atoms with Crippen LogP contribution in [0.25, 0.3) is 0 Å². The molecule has 0 aliphatic carbocycles. The van der Waals surface area contributed by atoms with Crippen molar-refractivity contribution in [3.63, 3.8) is 0 Å². The molecule has 0 saturated heterocycles. The van der Waals surface area contributed by atoms with Crippen molar-refractivity contribution in [1.82, 2.24) is 10.6 Å². The highest BCUT2D eigenvalue weighted by Crippen LogP contribution is 2.27. The van der Waals surface area contributed by atoms with Gasteiger partial charge in [-0.3, -0.25) is 14.4 Å². The number of benzene rings is 1. The Hall–Kier alpha value is -2.57. The van der Waals surface area contributed by atoms with Gasteiger partial charge in [-0.2, -0.15) is 0 Å². The Kier molecular flexibility index (Phi) is 6.88. The van der Waals surface area contributed by atoms with Gasteiger partial charge in [0.25, 0.3) is 0 Å². The lowest BCUT2D eigenvalue weighted by Gasteiger charge is -2.20. The number of aliphatic carboxylic acids is 1. The molecule has 0 spiro atoms. The predicted molar refractivity (Wildman–Crippen MR) is 79.4 cm³/mol. The first-order valence-corrected chi connectivity index (χ1v) is 6.91. The molecule has 0 aliphatic rings. The third kappa shape index (κ3) is 5.82. The van der Waals surface area contributed by atoms with Gasteiger partial charge in [0, 0.05) is 12.5 Å². The largest absolute Gasteiger partial charge is 0.494 e. The number of rotatable bonds is 8. The molecule has 0 bridgehead atoms. The maximum absolute atomic E-state index is 11.8. The Morgan fingerprint density at radius 1 is 1.27 bits per heavy atom. The number of carboxylic acids is 1. The average molecular weight is 308 g/mol. The number of carbonyl (C=O) groups excluding carboxylic acids is 2. The van der Waals surface area contributed by atoms with E-state index < -0.39 is 24.5 Å². The Morgan fingerprint density at radius 2 is 1.95 bits per heavy atom. The number of hydrogen-bond donors (Lipinski definition) is 3. The summed E-state index contributed by atoms with van der Waals surface area (Å²) in [6, 6.07) is 6.50. The number of carboxylic acid groups (broad SMARTS) is 1. The summed E-state index contributed by atoms with van der Waals surface area (Å²) in [5.74, 6) is -1.30. The van der Waals surface area contributed by atoms with E-state index >= 15 is 0 Å². The van der Waals surface area contributed by atoms with Gasteiger partial charge in [-0.25, -0.2) is 0 Å². The van der Waals surface area contributed by atoms with E-state index in [9.17, 15) is 14.4 Å². The van der Waals surface area contributed by atoms with Gasteiger partial charge < -0.3 is 20.5 Å². The molecule has 120 valence electrons. The second-order valence-electron chi connectivity index (χ2n) is 4.60. The molecule has 22 heavy (non-hydrogen) atoms. The molecule has 0 aromatic heterocycles. The fraction of sp³-hybridized carbons (Fsp3) is 0.400. The third-order valence-corrected chi connectivity index (χ3v) is 2.80. The maximum atomic E-state index is 11.8. The van der Waals surface area contributed by atoms with Crippen LogP contribution in [0.2, 0.25) is 0 Å².